The zero-order valence-electron chi connectivity index (χ0n) is 45.7. The van der Waals surface area contributed by atoms with E-state index in [9.17, 15) is 0 Å². The van der Waals surface area contributed by atoms with Crippen LogP contribution in [0.3, 0.4) is 0 Å². The van der Waals surface area contributed by atoms with Crippen LogP contribution in [0.1, 0.15) is 11.1 Å². The van der Waals surface area contributed by atoms with E-state index < -0.39 is 0 Å². The highest BCUT2D eigenvalue weighted by Gasteiger charge is 2.29. The predicted molar refractivity (Wildman–Crippen MR) is 346 cm³/mol. The number of nitrogens with zero attached hydrogens (tertiary/aromatic N) is 4. The van der Waals surface area contributed by atoms with Crippen molar-refractivity contribution in [2.24, 2.45) is 9.98 Å². The van der Waals surface area contributed by atoms with Gasteiger partial charge in [0.15, 0.2) is 0 Å². The molecule has 0 heterocycles. The number of allylic oxidation sites excluding steroid dienone is 2. The molecule has 11 aromatic rings. The normalized spacial score (nSPS) is 11.6. The van der Waals surface area contributed by atoms with Crippen molar-refractivity contribution < 1.29 is 0 Å². The van der Waals surface area contributed by atoms with Gasteiger partial charge in [0.1, 0.15) is 0 Å². The first kappa shape index (κ1) is 51.9. The maximum absolute atomic E-state index is 4.75. The van der Waals surface area contributed by atoms with Gasteiger partial charge in [-0.05, 0) is 161 Å². The largest absolute Gasteiger partial charge is 0.378 e. The lowest BCUT2D eigenvalue weighted by Gasteiger charge is -2.29. The predicted octanol–water partition coefficient (Wildman–Crippen LogP) is 20.0. The van der Waals surface area contributed by atoms with Gasteiger partial charge in [0.05, 0.1) is 11.4 Å². The molecule has 0 atom stereocenters. The van der Waals surface area contributed by atoms with Gasteiger partial charge in [0, 0.05) is 52.0 Å². The Morgan fingerprint density at radius 2 is 0.463 bits per heavy atom. The van der Waals surface area contributed by atoms with Crippen molar-refractivity contribution in [1.29, 1.82) is 0 Å². The van der Waals surface area contributed by atoms with Gasteiger partial charge in [-0.1, -0.05) is 231 Å². The van der Waals surface area contributed by atoms with E-state index in [1.807, 2.05) is 24.6 Å². The minimum atomic E-state index is 0.898. The van der Waals surface area contributed by atoms with Crippen molar-refractivity contribution in [3.63, 3.8) is 0 Å². The fourth-order valence-corrected chi connectivity index (χ4v) is 10.4. The molecule has 80 heavy (non-hydrogen) atoms. The number of hydrogen-bond acceptors (Lipinski definition) is 4. The Hall–Kier alpha value is -10.2. The van der Waals surface area contributed by atoms with E-state index in [2.05, 4.69) is 317 Å². The minimum absolute atomic E-state index is 0.898. The van der Waals surface area contributed by atoms with E-state index in [4.69, 9.17) is 9.98 Å². The Morgan fingerprint density at radius 3 is 0.713 bits per heavy atom. The Labute approximate surface area is 472 Å². The van der Waals surface area contributed by atoms with Crippen LogP contribution < -0.4 is 9.80 Å². The van der Waals surface area contributed by atoms with Crippen LogP contribution in [0.25, 0.3) is 101 Å². The SMILES string of the molecule is CN(C)c1ccc(/C=C/C=Nc2ccc(-c3ccc(-c4c(-c5ccccc5)c(-c5ccccc5)c(-c5ccccc5)c(-c5ccccc5)c4-c4ccc(-c5ccc(N=C/C=C/c6ccc(N(C)C)cc6)cc5)cc4)cc3)cc2)cc1. The van der Waals surface area contributed by atoms with E-state index in [1.165, 1.54) is 44.8 Å². The number of anilines is 2. The summed E-state index contributed by atoms with van der Waals surface area (Å²) in [6.45, 7) is 0. The van der Waals surface area contributed by atoms with Crippen LogP contribution in [-0.4, -0.2) is 40.6 Å². The Morgan fingerprint density at radius 1 is 0.237 bits per heavy atom. The smallest absolute Gasteiger partial charge is 0.0630 e. The van der Waals surface area contributed by atoms with Crippen LogP contribution in [0.15, 0.2) is 289 Å². The lowest BCUT2D eigenvalue weighted by Crippen LogP contribution is -2.07. The van der Waals surface area contributed by atoms with Crippen LogP contribution in [-0.2, 0) is 0 Å². The Kier molecular flexibility index (Phi) is 15.9. The van der Waals surface area contributed by atoms with E-state index in [0.29, 0.717) is 0 Å². The van der Waals surface area contributed by atoms with Gasteiger partial charge in [-0.2, -0.15) is 0 Å². The molecule has 0 spiro atoms. The van der Waals surface area contributed by atoms with E-state index >= 15 is 0 Å². The molecule has 0 fully saturated rings. The van der Waals surface area contributed by atoms with Gasteiger partial charge in [-0.25, -0.2) is 0 Å². The zero-order chi connectivity index (χ0) is 54.6. The molecule has 0 aliphatic heterocycles. The van der Waals surface area contributed by atoms with E-state index in [1.54, 1.807) is 0 Å². The highest BCUT2D eigenvalue weighted by Crippen LogP contribution is 2.56. The summed E-state index contributed by atoms with van der Waals surface area (Å²) in [7, 11) is 8.21. The Bertz CT molecular complexity index is 3670. The van der Waals surface area contributed by atoms with Crippen molar-refractivity contribution in [2.75, 3.05) is 38.0 Å². The number of benzene rings is 11. The van der Waals surface area contributed by atoms with Gasteiger partial charge in [-0.3, -0.25) is 9.98 Å². The quantitative estimate of drug-likeness (QED) is 0.0903. The molecule has 11 rings (SSSR count). The number of rotatable bonds is 16. The topological polar surface area (TPSA) is 31.2 Å². The fraction of sp³-hybridized carbons (Fsp3) is 0.0526. The maximum atomic E-state index is 4.75. The molecule has 0 bridgehead atoms. The molecule has 0 aliphatic carbocycles. The second-order valence-corrected chi connectivity index (χ2v) is 20.2. The summed E-state index contributed by atoms with van der Waals surface area (Å²) in [6.07, 6.45) is 11.9. The second-order valence-electron chi connectivity index (χ2n) is 20.2. The Balaban J connectivity index is 1.01. The van der Waals surface area contributed by atoms with Crippen LogP contribution in [0, 0.1) is 0 Å². The molecule has 0 saturated heterocycles. The van der Waals surface area contributed by atoms with Gasteiger partial charge < -0.3 is 9.80 Å². The molecular weight excluding hydrogens is 969 g/mol. The molecule has 0 unspecified atom stereocenters. The fourth-order valence-electron chi connectivity index (χ4n) is 10.4. The molecule has 0 aliphatic rings. The van der Waals surface area contributed by atoms with Crippen molar-refractivity contribution in [1.82, 2.24) is 0 Å². The lowest BCUT2D eigenvalue weighted by molar-refractivity contribution is 1.13. The molecule has 0 N–H and O–H groups in total. The molecular formula is C76H62N4. The second kappa shape index (κ2) is 24.4. The molecule has 0 amide bonds. The summed E-state index contributed by atoms with van der Waals surface area (Å²) in [5.74, 6) is 0. The first-order chi connectivity index (χ1) is 39.3. The molecule has 0 saturated carbocycles. The molecule has 4 nitrogen and oxygen atoms in total. The van der Waals surface area contributed by atoms with Crippen molar-refractivity contribution in [3.05, 3.63) is 290 Å². The molecule has 11 aromatic carbocycles. The first-order valence-electron chi connectivity index (χ1n) is 27.2. The average Bonchev–Trinajstić information content (AvgIpc) is 3.59. The maximum Gasteiger partial charge on any atom is 0.0630 e. The van der Waals surface area contributed by atoms with Gasteiger partial charge >= 0.3 is 0 Å². The zero-order valence-corrected chi connectivity index (χ0v) is 45.7. The molecule has 0 aromatic heterocycles. The van der Waals surface area contributed by atoms with Gasteiger partial charge in [0.25, 0.3) is 0 Å². The van der Waals surface area contributed by atoms with Crippen LogP contribution >= 0.6 is 0 Å². The monoisotopic (exact) mass is 1030 g/mol. The lowest BCUT2D eigenvalue weighted by atomic mass is 9.74. The van der Waals surface area contributed by atoms with Gasteiger partial charge in [0.2, 0.25) is 0 Å². The van der Waals surface area contributed by atoms with E-state index in [-0.39, 0.29) is 0 Å². The molecule has 386 valence electrons. The highest BCUT2D eigenvalue weighted by atomic mass is 15.1. The van der Waals surface area contributed by atoms with Crippen molar-refractivity contribution in [2.45, 2.75) is 0 Å². The third-order valence-corrected chi connectivity index (χ3v) is 14.5. The van der Waals surface area contributed by atoms with Crippen molar-refractivity contribution in [3.8, 4) is 89.0 Å². The average molecular weight is 1030 g/mol. The summed E-state index contributed by atoms with van der Waals surface area (Å²) in [6, 6.07) is 96.1. The van der Waals surface area contributed by atoms with Gasteiger partial charge in [-0.15, -0.1) is 0 Å². The van der Waals surface area contributed by atoms with E-state index in [0.717, 1.165) is 78.1 Å². The first-order valence-corrected chi connectivity index (χ1v) is 27.2. The van der Waals surface area contributed by atoms with Crippen LogP contribution in [0.4, 0.5) is 22.7 Å². The molecule has 0 radical (unpaired) electrons. The van der Waals surface area contributed by atoms with Crippen LogP contribution in [0.5, 0.6) is 0 Å². The summed E-state index contributed by atoms with van der Waals surface area (Å²) < 4.78 is 0. The summed E-state index contributed by atoms with van der Waals surface area (Å²) in [5.41, 5.74) is 24.8. The minimum Gasteiger partial charge on any atom is -0.378 e. The standard InChI is InChI=1S/C76H62N4/c1-79(2)69-49-29-55(30-50-69)19-17-53-77-67-45-41-59(42-46-67)57-33-37-65(38-34-57)75-73(63-25-13-7-14-26-63)71(61-21-9-5-10-22-61)72(62-23-11-6-12-24-62)74(64-27-15-8-16-28-64)76(75)66-39-35-58(36-40-66)60-43-47-68(48-44-60)78-54-18-20-56-31-51-70(52-32-56)80(3)4/h5-54H,1-4H3/b19-17+,20-18+,77-53?,78-54?. The number of hydrogen-bond donors (Lipinski definition) is 0. The third kappa shape index (κ3) is 11.9. The van der Waals surface area contributed by atoms with Crippen LogP contribution in [0.2, 0.25) is 0 Å². The summed E-state index contributed by atoms with van der Waals surface area (Å²) >= 11 is 0. The third-order valence-electron chi connectivity index (χ3n) is 14.5. The number of aliphatic imine (C=N–C) groups is 2. The highest BCUT2D eigenvalue weighted by molar-refractivity contribution is 6.15. The molecule has 4 heteroatoms. The summed E-state index contributed by atoms with van der Waals surface area (Å²) in [5, 5.41) is 0. The van der Waals surface area contributed by atoms with Crippen molar-refractivity contribution >= 4 is 47.3 Å². The summed E-state index contributed by atoms with van der Waals surface area (Å²) in [4.78, 5) is 13.7.